The van der Waals surface area contributed by atoms with Crippen LogP contribution >= 0.6 is 11.6 Å². The fourth-order valence-corrected chi connectivity index (χ4v) is 7.73. The number of amides is 1. The molecule has 1 amide bonds. The molecule has 0 bridgehead atoms. The van der Waals surface area contributed by atoms with Crippen molar-refractivity contribution in [2.45, 2.75) is 49.7 Å². The van der Waals surface area contributed by atoms with Gasteiger partial charge < -0.3 is 14.8 Å². The van der Waals surface area contributed by atoms with Crippen molar-refractivity contribution in [3.8, 4) is 5.75 Å². The zero-order valence-corrected chi connectivity index (χ0v) is 21.2. The van der Waals surface area contributed by atoms with Crippen LogP contribution in [0, 0.1) is 17.6 Å². The third kappa shape index (κ3) is 4.97. The van der Waals surface area contributed by atoms with Crippen LogP contribution in [0.25, 0.3) is 0 Å². The zero-order chi connectivity index (χ0) is 25.5. The van der Waals surface area contributed by atoms with Gasteiger partial charge >= 0.3 is 0 Å². The van der Waals surface area contributed by atoms with Crippen LogP contribution in [0.4, 0.5) is 8.78 Å². The predicted molar refractivity (Wildman–Crippen MR) is 131 cm³/mol. The van der Waals surface area contributed by atoms with Gasteiger partial charge in [0.2, 0.25) is 5.91 Å². The van der Waals surface area contributed by atoms with Crippen molar-refractivity contribution in [3.63, 3.8) is 0 Å². The maximum atomic E-state index is 15.4. The highest BCUT2D eigenvalue weighted by Gasteiger charge is 2.53. The molecular weight excluding hydrogens is 512 g/mol. The van der Waals surface area contributed by atoms with E-state index in [9.17, 15) is 17.6 Å². The summed E-state index contributed by atoms with van der Waals surface area (Å²) in [6.07, 6.45) is 1.36. The molecule has 0 spiro atoms. The first kappa shape index (κ1) is 25.4. The van der Waals surface area contributed by atoms with Crippen molar-refractivity contribution >= 4 is 27.3 Å². The summed E-state index contributed by atoms with van der Waals surface area (Å²) in [5, 5.41) is 3.27. The number of fused-ring (bicyclic) bond motifs is 3. The Hall–Kier alpha value is -2.23. The molecule has 194 valence electrons. The van der Waals surface area contributed by atoms with Crippen LogP contribution in [0.15, 0.2) is 36.4 Å². The Kier molecular flexibility index (Phi) is 7.00. The summed E-state index contributed by atoms with van der Waals surface area (Å²) in [4.78, 5) is 11.5. The number of carbonyl (C=O) groups excluding carboxylic acids is 1. The third-order valence-corrected chi connectivity index (χ3v) is 9.71. The van der Waals surface area contributed by atoms with E-state index in [-0.39, 0.29) is 60.3 Å². The molecule has 0 radical (unpaired) electrons. The van der Waals surface area contributed by atoms with Gasteiger partial charge in [0, 0.05) is 41.0 Å². The summed E-state index contributed by atoms with van der Waals surface area (Å²) in [5.74, 6) is -2.01. The smallest absolute Gasteiger partial charge is 0.220 e. The van der Waals surface area contributed by atoms with Gasteiger partial charge in [-0.15, -0.1) is 0 Å². The van der Waals surface area contributed by atoms with Crippen LogP contribution in [0.3, 0.4) is 0 Å². The molecule has 3 aliphatic heterocycles. The van der Waals surface area contributed by atoms with Gasteiger partial charge in [0.05, 0.1) is 24.2 Å². The fourth-order valence-electron chi connectivity index (χ4n) is 5.99. The van der Waals surface area contributed by atoms with E-state index >= 15 is 4.39 Å². The van der Waals surface area contributed by atoms with E-state index in [0.29, 0.717) is 30.7 Å². The van der Waals surface area contributed by atoms with Gasteiger partial charge in [0.1, 0.15) is 5.82 Å². The number of hydrogen-bond donors (Lipinski definition) is 1. The molecule has 5 rings (SSSR count). The first-order chi connectivity index (χ1) is 17.2. The number of halogens is 3. The maximum Gasteiger partial charge on any atom is 0.220 e. The van der Waals surface area contributed by atoms with Crippen LogP contribution in [-0.4, -0.2) is 51.2 Å². The third-order valence-electron chi connectivity index (χ3n) is 7.69. The quantitative estimate of drug-likeness (QED) is 0.575. The van der Waals surface area contributed by atoms with E-state index in [1.54, 1.807) is 12.1 Å². The van der Waals surface area contributed by atoms with Crippen molar-refractivity contribution in [1.82, 2.24) is 5.32 Å². The second-order valence-corrected chi connectivity index (χ2v) is 12.6. The normalized spacial score (nSPS) is 27.6. The van der Waals surface area contributed by atoms with Crippen molar-refractivity contribution in [2.24, 2.45) is 5.92 Å². The van der Waals surface area contributed by atoms with E-state index < -0.39 is 33.0 Å². The lowest BCUT2D eigenvalue weighted by molar-refractivity contribution is -0.119. The van der Waals surface area contributed by atoms with Crippen LogP contribution in [0.5, 0.6) is 5.75 Å². The van der Waals surface area contributed by atoms with E-state index in [1.165, 1.54) is 0 Å². The van der Waals surface area contributed by atoms with Crippen LogP contribution in [-0.2, 0) is 31.2 Å². The molecule has 0 unspecified atom stereocenters. The highest BCUT2D eigenvalue weighted by atomic mass is 35.5. The number of rotatable bonds is 7. The molecule has 0 aliphatic carbocycles. The Morgan fingerprint density at radius 3 is 2.58 bits per heavy atom. The minimum Gasteiger partial charge on any atom is -0.490 e. The van der Waals surface area contributed by atoms with Gasteiger partial charge in [0.15, 0.2) is 21.4 Å². The molecule has 2 aromatic carbocycles. The highest BCUT2D eigenvalue weighted by molar-refractivity contribution is 7.91. The molecule has 3 heterocycles. The van der Waals surface area contributed by atoms with E-state index in [1.807, 2.05) is 12.1 Å². The van der Waals surface area contributed by atoms with Gasteiger partial charge in [-0.1, -0.05) is 23.7 Å². The molecule has 2 aromatic rings. The van der Waals surface area contributed by atoms with Gasteiger partial charge in [-0.05, 0) is 55.5 Å². The molecule has 0 aromatic heterocycles. The molecule has 36 heavy (non-hydrogen) atoms. The van der Waals surface area contributed by atoms with Crippen molar-refractivity contribution in [3.05, 3.63) is 64.2 Å². The number of ether oxygens (including phenoxy) is 2. The van der Waals surface area contributed by atoms with Gasteiger partial charge in [-0.25, -0.2) is 17.2 Å². The van der Waals surface area contributed by atoms with E-state index in [0.717, 1.165) is 17.7 Å². The summed E-state index contributed by atoms with van der Waals surface area (Å²) in [7, 11) is -3.47. The van der Waals surface area contributed by atoms with Gasteiger partial charge in [0.25, 0.3) is 0 Å². The second kappa shape index (κ2) is 9.91. The fraction of sp³-hybridized carbons (Fsp3) is 0.500. The molecule has 3 aliphatic rings. The van der Waals surface area contributed by atoms with Crippen LogP contribution in [0.1, 0.15) is 36.8 Å². The lowest BCUT2D eigenvalue weighted by Crippen LogP contribution is -2.55. The van der Waals surface area contributed by atoms with Crippen molar-refractivity contribution in [2.75, 3.05) is 24.7 Å². The molecule has 4 atom stereocenters. The summed E-state index contributed by atoms with van der Waals surface area (Å²) >= 11 is 6.06. The van der Waals surface area contributed by atoms with Crippen molar-refractivity contribution in [1.29, 1.82) is 0 Å². The molecule has 1 N–H and O–H groups in total. The Labute approximate surface area is 214 Å². The summed E-state index contributed by atoms with van der Waals surface area (Å²) in [6, 6.07) is 9.06. The lowest BCUT2D eigenvalue weighted by Gasteiger charge is -2.51. The second-order valence-electron chi connectivity index (χ2n) is 9.98. The minimum atomic E-state index is -3.47. The van der Waals surface area contributed by atoms with Gasteiger partial charge in [-0.3, -0.25) is 4.79 Å². The Morgan fingerprint density at radius 1 is 1.11 bits per heavy atom. The molecule has 2 fully saturated rings. The summed E-state index contributed by atoms with van der Waals surface area (Å²) in [5.41, 5.74) is 0.268. The van der Waals surface area contributed by atoms with Gasteiger partial charge in [-0.2, -0.15) is 0 Å². The van der Waals surface area contributed by atoms with E-state index in [4.69, 9.17) is 21.1 Å². The number of hydrogen-bond acceptors (Lipinski definition) is 5. The standard InChI is InChI=1S/C26H28ClF2NO5S/c27-17-3-1-16(2-4-17)13-26-10-11-34-22(9-12-36(32,33)15-18-5-8-23(31)30-18)19(26)14-35-25-21(29)7-6-20(28)24(25)26/h1-4,6-7,18-19,22H,5,8-15H2,(H,30,31)/t18-,19+,22+,26+/m1/s1. The molecule has 6 nitrogen and oxygen atoms in total. The predicted octanol–water partition coefficient (Wildman–Crippen LogP) is 3.98. The number of benzene rings is 2. The summed E-state index contributed by atoms with van der Waals surface area (Å²) in [6.45, 7) is 0.368. The Balaban J connectivity index is 1.44. The molecule has 0 saturated carbocycles. The highest BCUT2D eigenvalue weighted by Crippen LogP contribution is 2.52. The Bertz CT molecular complexity index is 1260. The number of carbonyl (C=O) groups is 1. The number of sulfone groups is 1. The molecule has 10 heteroatoms. The average molecular weight is 540 g/mol. The lowest BCUT2D eigenvalue weighted by atomic mass is 9.60. The Morgan fingerprint density at radius 2 is 1.86 bits per heavy atom. The molecular formula is C26H28ClF2NO5S. The largest absolute Gasteiger partial charge is 0.490 e. The van der Waals surface area contributed by atoms with Crippen LogP contribution in [0.2, 0.25) is 5.02 Å². The average Bonchev–Trinajstić information content (AvgIpc) is 3.24. The zero-order valence-electron chi connectivity index (χ0n) is 19.6. The van der Waals surface area contributed by atoms with Crippen molar-refractivity contribution < 1.29 is 31.5 Å². The monoisotopic (exact) mass is 539 g/mol. The first-order valence-corrected chi connectivity index (χ1v) is 14.3. The maximum absolute atomic E-state index is 15.4. The summed E-state index contributed by atoms with van der Waals surface area (Å²) < 4.78 is 67.6. The van der Waals surface area contributed by atoms with Crippen LogP contribution < -0.4 is 10.1 Å². The molecule has 2 saturated heterocycles. The van der Waals surface area contributed by atoms with E-state index in [2.05, 4.69) is 5.32 Å². The minimum absolute atomic E-state index is 0.0783. The number of nitrogens with one attached hydrogen (secondary N) is 1. The SMILES string of the molecule is O=C1CC[C@H](CS(=O)(=O)CC[C@@H]2OCC[C@@]3(Cc4ccc(Cl)cc4)c4c(F)ccc(F)c4OC[C@@H]23)N1. The topological polar surface area (TPSA) is 81.7 Å². The first-order valence-electron chi connectivity index (χ1n) is 12.1.